The highest BCUT2D eigenvalue weighted by molar-refractivity contribution is 5.86. The Balaban J connectivity index is 1.76. The Morgan fingerprint density at radius 1 is 1.38 bits per heavy atom. The third-order valence-electron chi connectivity index (χ3n) is 3.96. The summed E-state index contributed by atoms with van der Waals surface area (Å²) in [6.07, 6.45) is 6.29. The Kier molecular flexibility index (Phi) is 3.99. The fourth-order valence-electron chi connectivity index (χ4n) is 2.97. The Morgan fingerprint density at radius 2 is 2.25 bits per heavy atom. The first-order valence-corrected chi connectivity index (χ1v) is 6.27. The van der Waals surface area contributed by atoms with Gasteiger partial charge in [-0.3, -0.25) is 4.79 Å². The summed E-state index contributed by atoms with van der Waals surface area (Å²) in [7, 11) is 0. The van der Waals surface area contributed by atoms with Gasteiger partial charge in [-0.15, -0.1) is 0 Å². The van der Waals surface area contributed by atoms with Gasteiger partial charge in [-0.1, -0.05) is 6.58 Å². The molecule has 90 valence electrons. The van der Waals surface area contributed by atoms with E-state index in [4.69, 9.17) is 4.74 Å². The van der Waals surface area contributed by atoms with Gasteiger partial charge in [-0.25, -0.2) is 0 Å². The molecule has 1 heterocycles. The van der Waals surface area contributed by atoms with Gasteiger partial charge < -0.3 is 10.1 Å². The highest BCUT2D eigenvalue weighted by Gasteiger charge is 2.32. The predicted octanol–water partition coefficient (Wildman–Crippen LogP) is 1.74. The van der Waals surface area contributed by atoms with Crippen molar-refractivity contribution >= 4 is 5.91 Å². The van der Waals surface area contributed by atoms with Crippen LogP contribution in [0.5, 0.6) is 0 Å². The summed E-state index contributed by atoms with van der Waals surface area (Å²) in [6.45, 7) is 6.15. The first kappa shape index (κ1) is 11.6. The summed E-state index contributed by atoms with van der Waals surface area (Å²) in [5.74, 6) is 2.21. The third-order valence-corrected chi connectivity index (χ3v) is 3.96. The average Bonchev–Trinajstić information content (AvgIpc) is 2.35. The van der Waals surface area contributed by atoms with Crippen molar-refractivity contribution in [1.29, 1.82) is 0 Å². The molecule has 2 fully saturated rings. The van der Waals surface area contributed by atoms with Crippen LogP contribution in [0.1, 0.15) is 25.7 Å². The van der Waals surface area contributed by atoms with Crippen LogP contribution in [0.2, 0.25) is 0 Å². The fourth-order valence-corrected chi connectivity index (χ4v) is 2.97. The molecule has 3 unspecified atom stereocenters. The molecule has 16 heavy (non-hydrogen) atoms. The fraction of sp³-hybridized carbons (Fsp3) is 0.769. The van der Waals surface area contributed by atoms with Gasteiger partial charge in [0.1, 0.15) is 0 Å². The Morgan fingerprint density at radius 3 is 3.06 bits per heavy atom. The summed E-state index contributed by atoms with van der Waals surface area (Å²) in [5, 5.41) is 2.91. The van der Waals surface area contributed by atoms with E-state index in [0.717, 1.165) is 31.6 Å². The van der Waals surface area contributed by atoms with E-state index >= 15 is 0 Å². The van der Waals surface area contributed by atoms with Gasteiger partial charge in [0, 0.05) is 19.8 Å². The van der Waals surface area contributed by atoms with Crippen LogP contribution < -0.4 is 5.32 Å². The molecule has 0 spiro atoms. The molecular formula is C13H21NO2. The van der Waals surface area contributed by atoms with Crippen LogP contribution in [0.15, 0.2) is 12.7 Å². The van der Waals surface area contributed by atoms with Gasteiger partial charge in [-0.2, -0.15) is 0 Å². The molecule has 1 aliphatic heterocycles. The summed E-state index contributed by atoms with van der Waals surface area (Å²) >= 11 is 0. The van der Waals surface area contributed by atoms with Crippen LogP contribution in [0.25, 0.3) is 0 Å². The zero-order valence-corrected chi connectivity index (χ0v) is 9.78. The molecule has 1 saturated heterocycles. The molecule has 0 aromatic rings. The van der Waals surface area contributed by atoms with E-state index in [1.807, 2.05) is 0 Å². The number of carbonyl (C=O) groups excluding carboxylic acids is 1. The molecule has 0 aromatic carbocycles. The van der Waals surface area contributed by atoms with Gasteiger partial charge in [0.15, 0.2) is 0 Å². The third kappa shape index (κ3) is 2.85. The van der Waals surface area contributed by atoms with Crippen molar-refractivity contribution in [3.63, 3.8) is 0 Å². The summed E-state index contributed by atoms with van der Waals surface area (Å²) < 4.78 is 5.51. The molecule has 1 N–H and O–H groups in total. The number of carbonyl (C=O) groups is 1. The Bertz CT molecular complexity index is 265. The molecule has 1 aliphatic carbocycles. The number of hydrogen-bond acceptors (Lipinski definition) is 2. The summed E-state index contributed by atoms with van der Waals surface area (Å²) in [6, 6.07) is 0. The molecule has 0 bridgehead atoms. The highest BCUT2D eigenvalue weighted by Crippen LogP contribution is 2.37. The molecule has 1 saturated carbocycles. The van der Waals surface area contributed by atoms with E-state index in [2.05, 4.69) is 11.9 Å². The van der Waals surface area contributed by atoms with Crippen LogP contribution in [-0.4, -0.2) is 25.7 Å². The minimum Gasteiger partial charge on any atom is -0.381 e. The number of ether oxygens (including phenoxy) is 1. The molecular weight excluding hydrogens is 202 g/mol. The molecule has 3 heteroatoms. The first-order valence-electron chi connectivity index (χ1n) is 6.27. The monoisotopic (exact) mass is 223 g/mol. The molecule has 2 rings (SSSR count). The van der Waals surface area contributed by atoms with Crippen molar-refractivity contribution in [2.45, 2.75) is 25.7 Å². The maximum absolute atomic E-state index is 11.1. The maximum atomic E-state index is 11.1. The standard InChI is InChI=1S/C13H21NO2/c1-2-13(15)14-8-10-3-4-12-9-16-6-5-11(12)7-10/h2,10-12H,1,3-9H2,(H,14,15). The molecule has 1 amide bonds. The normalized spacial score (nSPS) is 33.9. The van der Waals surface area contributed by atoms with Gasteiger partial charge in [0.05, 0.1) is 0 Å². The van der Waals surface area contributed by atoms with E-state index in [1.165, 1.54) is 31.8 Å². The molecule has 2 aliphatic rings. The molecule has 3 atom stereocenters. The summed E-state index contributed by atoms with van der Waals surface area (Å²) in [4.78, 5) is 11.1. The number of amides is 1. The quantitative estimate of drug-likeness (QED) is 0.740. The lowest BCUT2D eigenvalue weighted by atomic mass is 9.72. The minimum atomic E-state index is -0.0471. The number of rotatable bonds is 3. The number of nitrogens with one attached hydrogen (secondary N) is 1. The summed E-state index contributed by atoms with van der Waals surface area (Å²) in [5.41, 5.74) is 0. The second-order valence-electron chi connectivity index (χ2n) is 5.01. The molecule has 3 nitrogen and oxygen atoms in total. The van der Waals surface area contributed by atoms with Gasteiger partial charge in [-0.05, 0) is 49.5 Å². The van der Waals surface area contributed by atoms with Crippen LogP contribution >= 0.6 is 0 Å². The lowest BCUT2D eigenvalue weighted by Crippen LogP contribution is -2.37. The lowest BCUT2D eigenvalue weighted by Gasteiger charge is -2.39. The second kappa shape index (κ2) is 5.48. The van der Waals surface area contributed by atoms with E-state index in [0.29, 0.717) is 5.92 Å². The number of hydrogen-bond donors (Lipinski definition) is 1. The van der Waals surface area contributed by atoms with Crippen LogP contribution in [0.4, 0.5) is 0 Å². The average molecular weight is 223 g/mol. The highest BCUT2D eigenvalue weighted by atomic mass is 16.5. The second-order valence-corrected chi connectivity index (χ2v) is 5.01. The Labute approximate surface area is 97.2 Å². The van der Waals surface area contributed by atoms with Crippen molar-refractivity contribution in [2.75, 3.05) is 19.8 Å². The number of fused-ring (bicyclic) bond motifs is 1. The van der Waals surface area contributed by atoms with Crippen molar-refractivity contribution in [3.8, 4) is 0 Å². The Hall–Kier alpha value is -0.830. The van der Waals surface area contributed by atoms with Gasteiger partial charge in [0.25, 0.3) is 0 Å². The van der Waals surface area contributed by atoms with E-state index < -0.39 is 0 Å². The van der Waals surface area contributed by atoms with Crippen LogP contribution in [0.3, 0.4) is 0 Å². The minimum absolute atomic E-state index is 0.0471. The first-order chi connectivity index (χ1) is 7.79. The zero-order valence-electron chi connectivity index (χ0n) is 9.78. The van der Waals surface area contributed by atoms with Crippen LogP contribution in [-0.2, 0) is 9.53 Å². The molecule has 0 aromatic heterocycles. The van der Waals surface area contributed by atoms with E-state index in [1.54, 1.807) is 0 Å². The van der Waals surface area contributed by atoms with Crippen molar-refractivity contribution in [2.24, 2.45) is 17.8 Å². The topological polar surface area (TPSA) is 38.3 Å². The van der Waals surface area contributed by atoms with Crippen molar-refractivity contribution in [1.82, 2.24) is 5.32 Å². The predicted molar refractivity (Wildman–Crippen MR) is 63.0 cm³/mol. The van der Waals surface area contributed by atoms with Gasteiger partial charge >= 0.3 is 0 Å². The van der Waals surface area contributed by atoms with Crippen molar-refractivity contribution < 1.29 is 9.53 Å². The maximum Gasteiger partial charge on any atom is 0.243 e. The largest absolute Gasteiger partial charge is 0.381 e. The zero-order chi connectivity index (χ0) is 11.4. The SMILES string of the molecule is C=CC(=O)NCC1CCC2COCCC2C1. The van der Waals surface area contributed by atoms with E-state index in [-0.39, 0.29) is 5.91 Å². The van der Waals surface area contributed by atoms with E-state index in [9.17, 15) is 4.79 Å². The lowest BCUT2D eigenvalue weighted by molar-refractivity contribution is -0.116. The smallest absolute Gasteiger partial charge is 0.243 e. The van der Waals surface area contributed by atoms with Gasteiger partial charge in [0.2, 0.25) is 5.91 Å². The van der Waals surface area contributed by atoms with Crippen molar-refractivity contribution in [3.05, 3.63) is 12.7 Å². The van der Waals surface area contributed by atoms with Crippen LogP contribution in [0, 0.1) is 17.8 Å². The molecule has 0 radical (unpaired) electrons.